The van der Waals surface area contributed by atoms with Gasteiger partial charge in [0.2, 0.25) is 5.91 Å². The standard InChI is InChI=1S/C11H18F3N3O4/c1-7(2)15-8(18)4-16(3)10(21)17(5-9(19)20)6-11(12,13)14/h7H,4-6H2,1-3H3,(H,15,18)(H,19,20). The number of aliphatic carboxylic acids is 1. The smallest absolute Gasteiger partial charge is 0.406 e. The molecule has 21 heavy (non-hydrogen) atoms. The predicted octanol–water partition coefficient (Wildman–Crippen LogP) is 0.512. The summed E-state index contributed by atoms with van der Waals surface area (Å²) >= 11 is 0. The van der Waals surface area contributed by atoms with Crippen LogP contribution >= 0.6 is 0 Å². The molecule has 0 atom stereocenters. The minimum Gasteiger partial charge on any atom is -0.480 e. The molecule has 0 rings (SSSR count). The number of amides is 3. The van der Waals surface area contributed by atoms with Crippen LogP contribution in [-0.2, 0) is 9.59 Å². The number of likely N-dealkylation sites (N-methyl/N-ethyl adjacent to an activating group) is 1. The van der Waals surface area contributed by atoms with Gasteiger partial charge in [-0.05, 0) is 13.8 Å². The summed E-state index contributed by atoms with van der Waals surface area (Å²) in [6, 6.07) is -1.38. The number of nitrogens with zero attached hydrogens (tertiary/aromatic N) is 2. The Balaban J connectivity index is 4.77. The maximum atomic E-state index is 12.3. The van der Waals surface area contributed by atoms with Crippen molar-refractivity contribution in [2.24, 2.45) is 0 Å². The first-order valence-corrected chi connectivity index (χ1v) is 6.00. The third kappa shape index (κ3) is 8.71. The molecule has 0 aliphatic carbocycles. The van der Waals surface area contributed by atoms with Crippen LogP contribution in [0.5, 0.6) is 0 Å². The molecule has 0 saturated heterocycles. The molecule has 10 heteroatoms. The van der Waals surface area contributed by atoms with E-state index in [2.05, 4.69) is 5.32 Å². The molecule has 0 aliphatic heterocycles. The van der Waals surface area contributed by atoms with E-state index in [4.69, 9.17) is 5.11 Å². The Morgan fingerprint density at radius 2 is 1.71 bits per heavy atom. The highest BCUT2D eigenvalue weighted by Gasteiger charge is 2.35. The van der Waals surface area contributed by atoms with Gasteiger partial charge in [0.05, 0.1) is 0 Å². The summed E-state index contributed by atoms with van der Waals surface area (Å²) in [6.45, 7) is 0.0912. The van der Waals surface area contributed by atoms with Crippen molar-refractivity contribution in [1.29, 1.82) is 0 Å². The molecule has 2 N–H and O–H groups in total. The molecule has 0 heterocycles. The first-order valence-electron chi connectivity index (χ1n) is 6.00. The summed E-state index contributed by atoms with van der Waals surface area (Å²) < 4.78 is 37.0. The molecule has 0 spiro atoms. The molecule has 7 nitrogen and oxygen atoms in total. The van der Waals surface area contributed by atoms with Crippen molar-refractivity contribution in [2.75, 3.05) is 26.7 Å². The van der Waals surface area contributed by atoms with Gasteiger partial charge in [-0.3, -0.25) is 9.59 Å². The lowest BCUT2D eigenvalue weighted by Gasteiger charge is -2.27. The Bertz CT molecular complexity index is 399. The van der Waals surface area contributed by atoms with Gasteiger partial charge in [-0.1, -0.05) is 0 Å². The SMILES string of the molecule is CC(C)NC(=O)CN(C)C(=O)N(CC(=O)O)CC(F)(F)F. The topological polar surface area (TPSA) is 90.0 Å². The average Bonchev–Trinajstić information content (AvgIpc) is 2.22. The molecule has 0 aliphatic rings. The number of hydrogen-bond donors (Lipinski definition) is 2. The second-order valence-electron chi connectivity index (χ2n) is 4.73. The first-order chi connectivity index (χ1) is 9.42. The molecule has 3 amide bonds. The fourth-order valence-corrected chi connectivity index (χ4v) is 1.46. The van der Waals surface area contributed by atoms with E-state index in [-0.39, 0.29) is 10.9 Å². The van der Waals surface area contributed by atoms with Gasteiger partial charge in [0.15, 0.2) is 0 Å². The van der Waals surface area contributed by atoms with E-state index in [0.29, 0.717) is 0 Å². The zero-order valence-electron chi connectivity index (χ0n) is 11.9. The molecule has 122 valence electrons. The zero-order chi connectivity index (χ0) is 16.8. The molecule has 0 radical (unpaired) electrons. The minimum atomic E-state index is -4.73. The summed E-state index contributed by atoms with van der Waals surface area (Å²) in [5, 5.41) is 11.0. The van der Waals surface area contributed by atoms with Crippen LogP contribution in [0.1, 0.15) is 13.8 Å². The normalized spacial score (nSPS) is 11.2. The van der Waals surface area contributed by atoms with Gasteiger partial charge in [-0.2, -0.15) is 13.2 Å². The van der Waals surface area contributed by atoms with Gasteiger partial charge in [0.1, 0.15) is 19.6 Å². The minimum absolute atomic E-state index is 0.116. The van der Waals surface area contributed by atoms with Gasteiger partial charge in [0.25, 0.3) is 0 Å². The Kier molecular flexibility index (Phi) is 6.96. The summed E-state index contributed by atoms with van der Waals surface area (Å²) in [4.78, 5) is 34.6. The highest BCUT2D eigenvalue weighted by Crippen LogP contribution is 2.17. The Morgan fingerprint density at radius 1 is 1.19 bits per heavy atom. The van der Waals surface area contributed by atoms with Gasteiger partial charge in [-0.15, -0.1) is 0 Å². The molecular formula is C11H18F3N3O4. The van der Waals surface area contributed by atoms with Crippen LogP contribution in [0.2, 0.25) is 0 Å². The highest BCUT2D eigenvalue weighted by molar-refractivity contribution is 5.85. The lowest BCUT2D eigenvalue weighted by atomic mass is 10.4. The van der Waals surface area contributed by atoms with E-state index >= 15 is 0 Å². The second-order valence-corrected chi connectivity index (χ2v) is 4.73. The van der Waals surface area contributed by atoms with Crippen LogP contribution in [0.3, 0.4) is 0 Å². The summed E-state index contributed by atoms with van der Waals surface area (Å²) in [7, 11) is 1.12. The molecule has 0 aromatic rings. The molecule has 0 bridgehead atoms. The van der Waals surface area contributed by atoms with Gasteiger partial charge in [-0.25, -0.2) is 4.79 Å². The molecule has 0 unspecified atom stereocenters. The molecule has 0 aromatic carbocycles. The number of halogens is 3. The Hall–Kier alpha value is -2.00. The number of carbonyl (C=O) groups excluding carboxylic acids is 2. The van der Waals surface area contributed by atoms with Crippen LogP contribution in [0.15, 0.2) is 0 Å². The van der Waals surface area contributed by atoms with Crippen molar-refractivity contribution in [3.63, 3.8) is 0 Å². The van der Waals surface area contributed by atoms with Crippen LogP contribution < -0.4 is 5.32 Å². The van der Waals surface area contributed by atoms with Crippen molar-refractivity contribution in [1.82, 2.24) is 15.1 Å². The van der Waals surface area contributed by atoms with Gasteiger partial charge in [0, 0.05) is 13.1 Å². The van der Waals surface area contributed by atoms with Crippen LogP contribution in [-0.4, -0.2) is 71.7 Å². The molecular weight excluding hydrogens is 295 g/mol. The lowest BCUT2D eigenvalue weighted by Crippen LogP contribution is -2.50. The fourth-order valence-electron chi connectivity index (χ4n) is 1.46. The van der Waals surface area contributed by atoms with E-state index in [0.717, 1.165) is 11.9 Å². The number of carbonyl (C=O) groups is 3. The zero-order valence-corrected chi connectivity index (χ0v) is 11.9. The Morgan fingerprint density at radius 3 is 2.10 bits per heavy atom. The molecule has 0 aromatic heterocycles. The lowest BCUT2D eigenvalue weighted by molar-refractivity contribution is -0.149. The number of hydrogen-bond acceptors (Lipinski definition) is 3. The fraction of sp³-hybridized carbons (Fsp3) is 0.727. The van der Waals surface area contributed by atoms with Crippen LogP contribution in [0, 0.1) is 0 Å². The van der Waals surface area contributed by atoms with Crippen LogP contribution in [0.4, 0.5) is 18.0 Å². The van der Waals surface area contributed by atoms with E-state index in [1.165, 1.54) is 0 Å². The van der Waals surface area contributed by atoms with Crippen molar-refractivity contribution < 1.29 is 32.7 Å². The maximum absolute atomic E-state index is 12.3. The number of alkyl halides is 3. The monoisotopic (exact) mass is 313 g/mol. The molecule has 0 saturated carbocycles. The summed E-state index contributed by atoms with van der Waals surface area (Å²) in [6.07, 6.45) is -4.73. The van der Waals surface area contributed by atoms with Crippen molar-refractivity contribution >= 4 is 17.9 Å². The van der Waals surface area contributed by atoms with Crippen molar-refractivity contribution in [2.45, 2.75) is 26.1 Å². The number of carboxylic acids is 1. The first kappa shape index (κ1) is 19.0. The average molecular weight is 313 g/mol. The van der Waals surface area contributed by atoms with E-state index < -0.39 is 43.7 Å². The Labute approximate surface area is 119 Å². The largest absolute Gasteiger partial charge is 0.480 e. The van der Waals surface area contributed by atoms with Crippen LogP contribution in [0.25, 0.3) is 0 Å². The third-order valence-corrected chi connectivity index (χ3v) is 2.12. The number of rotatable bonds is 6. The van der Waals surface area contributed by atoms with E-state index in [1.54, 1.807) is 13.8 Å². The van der Waals surface area contributed by atoms with E-state index in [1.807, 2.05) is 0 Å². The summed E-state index contributed by atoms with van der Waals surface area (Å²) in [5.74, 6) is -2.13. The van der Waals surface area contributed by atoms with Gasteiger partial charge >= 0.3 is 18.2 Å². The second kappa shape index (κ2) is 7.70. The number of urea groups is 1. The number of carboxylic acid groups (broad SMARTS) is 1. The molecule has 0 fully saturated rings. The van der Waals surface area contributed by atoms with Gasteiger partial charge < -0.3 is 20.2 Å². The predicted molar refractivity (Wildman–Crippen MR) is 66.6 cm³/mol. The maximum Gasteiger partial charge on any atom is 0.406 e. The van der Waals surface area contributed by atoms with Crippen molar-refractivity contribution in [3.05, 3.63) is 0 Å². The van der Waals surface area contributed by atoms with Crippen molar-refractivity contribution in [3.8, 4) is 0 Å². The third-order valence-electron chi connectivity index (χ3n) is 2.12. The van der Waals surface area contributed by atoms with E-state index in [9.17, 15) is 27.6 Å². The summed E-state index contributed by atoms with van der Waals surface area (Å²) in [5.41, 5.74) is 0. The highest BCUT2D eigenvalue weighted by atomic mass is 19.4. The number of nitrogens with one attached hydrogen (secondary N) is 1. The quantitative estimate of drug-likeness (QED) is 0.748.